The molecule has 0 fully saturated rings. The molecule has 0 amide bonds. The first kappa shape index (κ1) is 13.3. The molecule has 1 aromatic heterocycles. The van der Waals surface area contributed by atoms with E-state index in [-0.39, 0.29) is 11.6 Å². The van der Waals surface area contributed by atoms with Crippen LogP contribution in [0.4, 0.5) is 5.69 Å². The summed E-state index contributed by atoms with van der Waals surface area (Å²) in [5.74, 6) is 0. The Hall–Kier alpha value is -2.10. The fraction of sp³-hybridized carbons (Fsp3) is 0.333. The van der Waals surface area contributed by atoms with E-state index < -0.39 is 0 Å². The van der Waals surface area contributed by atoms with Crippen molar-refractivity contribution in [1.82, 2.24) is 9.78 Å². The quantitative estimate of drug-likeness (QED) is 0.915. The Kier molecular flexibility index (Phi) is 4.00. The second-order valence-corrected chi connectivity index (χ2v) is 5.03. The van der Waals surface area contributed by atoms with Gasteiger partial charge in [-0.05, 0) is 26.3 Å². The van der Waals surface area contributed by atoms with E-state index in [4.69, 9.17) is 0 Å². The molecule has 19 heavy (non-hydrogen) atoms. The van der Waals surface area contributed by atoms with Crippen LogP contribution < -0.4 is 10.9 Å². The van der Waals surface area contributed by atoms with E-state index >= 15 is 0 Å². The summed E-state index contributed by atoms with van der Waals surface area (Å²) in [6, 6.07) is 9.96. The number of nitrogens with one attached hydrogen (secondary N) is 1. The molecule has 0 aliphatic heterocycles. The first-order chi connectivity index (χ1) is 9.04. The van der Waals surface area contributed by atoms with E-state index in [2.05, 4.69) is 16.5 Å². The average Bonchev–Trinajstić information content (AvgIpc) is 2.32. The highest BCUT2D eigenvalue weighted by molar-refractivity contribution is 5.39. The first-order valence-corrected chi connectivity index (χ1v) is 6.44. The Morgan fingerprint density at radius 1 is 1.32 bits per heavy atom. The zero-order valence-electron chi connectivity index (χ0n) is 11.6. The van der Waals surface area contributed by atoms with Gasteiger partial charge < -0.3 is 5.32 Å². The Bertz CT molecular complexity index is 617. The van der Waals surface area contributed by atoms with Crippen molar-refractivity contribution in [3.63, 3.8) is 0 Å². The number of aryl methyl sites for hydroxylation is 1. The third kappa shape index (κ3) is 3.68. The van der Waals surface area contributed by atoms with Gasteiger partial charge in [0.1, 0.15) is 0 Å². The van der Waals surface area contributed by atoms with Crippen LogP contribution >= 0.6 is 0 Å². The van der Waals surface area contributed by atoms with Crippen LogP contribution in [0.5, 0.6) is 0 Å². The molecule has 0 unspecified atom stereocenters. The van der Waals surface area contributed by atoms with E-state index in [1.54, 1.807) is 12.3 Å². The molecule has 0 aliphatic rings. The summed E-state index contributed by atoms with van der Waals surface area (Å²) >= 11 is 0. The molecule has 0 radical (unpaired) electrons. The number of hydrogen-bond donors (Lipinski definition) is 1. The summed E-state index contributed by atoms with van der Waals surface area (Å²) in [4.78, 5) is 12.0. The average molecular weight is 257 g/mol. The zero-order chi connectivity index (χ0) is 13.8. The van der Waals surface area contributed by atoms with Gasteiger partial charge in [0.25, 0.3) is 5.56 Å². The highest BCUT2D eigenvalue weighted by Crippen LogP contribution is 2.06. The molecule has 4 heteroatoms. The van der Waals surface area contributed by atoms with Gasteiger partial charge in [-0.2, -0.15) is 5.10 Å². The number of benzene rings is 1. The van der Waals surface area contributed by atoms with Crippen LogP contribution in [0.2, 0.25) is 0 Å². The fourth-order valence-electron chi connectivity index (χ4n) is 1.95. The molecule has 4 nitrogen and oxygen atoms in total. The molecule has 0 saturated heterocycles. The number of nitrogens with zero attached hydrogens (tertiary/aromatic N) is 2. The largest absolute Gasteiger partial charge is 0.381 e. The summed E-state index contributed by atoms with van der Waals surface area (Å²) < 4.78 is 1.47. The summed E-state index contributed by atoms with van der Waals surface area (Å²) in [5.41, 5.74) is 2.94. The minimum atomic E-state index is -0.0906. The van der Waals surface area contributed by atoms with Crippen LogP contribution in [0.15, 0.2) is 41.3 Å². The van der Waals surface area contributed by atoms with Gasteiger partial charge in [0.05, 0.1) is 18.4 Å². The third-order valence-corrected chi connectivity index (χ3v) is 2.74. The van der Waals surface area contributed by atoms with E-state index in [1.165, 1.54) is 10.2 Å². The van der Waals surface area contributed by atoms with Gasteiger partial charge in [-0.25, -0.2) is 4.68 Å². The minimum Gasteiger partial charge on any atom is -0.381 e. The Morgan fingerprint density at radius 2 is 2.11 bits per heavy atom. The number of hydrogen-bond acceptors (Lipinski definition) is 3. The SMILES string of the molecule is Cc1cccc(Cn2ncc(NC(C)C)cc2=O)c1. The van der Waals surface area contributed by atoms with Gasteiger partial charge >= 0.3 is 0 Å². The van der Waals surface area contributed by atoms with E-state index in [0.717, 1.165) is 11.3 Å². The van der Waals surface area contributed by atoms with Crippen molar-refractivity contribution in [2.75, 3.05) is 5.32 Å². The molecule has 2 rings (SSSR count). The van der Waals surface area contributed by atoms with Crippen LogP contribution in [-0.2, 0) is 6.54 Å². The van der Waals surface area contributed by atoms with Gasteiger partial charge in [-0.1, -0.05) is 29.8 Å². The maximum absolute atomic E-state index is 12.0. The van der Waals surface area contributed by atoms with Crippen molar-refractivity contribution < 1.29 is 0 Å². The van der Waals surface area contributed by atoms with E-state index in [9.17, 15) is 4.79 Å². The Balaban J connectivity index is 2.20. The van der Waals surface area contributed by atoms with Crippen LogP contribution in [0.25, 0.3) is 0 Å². The summed E-state index contributed by atoms with van der Waals surface area (Å²) in [6.45, 7) is 6.59. The second-order valence-electron chi connectivity index (χ2n) is 5.03. The molecular formula is C15H19N3O. The van der Waals surface area contributed by atoms with Gasteiger partial charge in [0, 0.05) is 12.1 Å². The van der Waals surface area contributed by atoms with Gasteiger partial charge in [0.2, 0.25) is 0 Å². The molecule has 2 aromatic rings. The third-order valence-electron chi connectivity index (χ3n) is 2.74. The number of aromatic nitrogens is 2. The lowest BCUT2D eigenvalue weighted by Crippen LogP contribution is -2.24. The van der Waals surface area contributed by atoms with Crippen LogP contribution in [0, 0.1) is 6.92 Å². The molecule has 0 saturated carbocycles. The molecule has 0 aliphatic carbocycles. The van der Waals surface area contributed by atoms with E-state index in [0.29, 0.717) is 6.54 Å². The van der Waals surface area contributed by atoms with Gasteiger partial charge in [-0.3, -0.25) is 4.79 Å². The number of rotatable bonds is 4. The molecule has 1 aromatic carbocycles. The smallest absolute Gasteiger partial charge is 0.269 e. The number of anilines is 1. The summed E-state index contributed by atoms with van der Waals surface area (Å²) in [5, 5.41) is 7.37. The first-order valence-electron chi connectivity index (χ1n) is 6.44. The standard InChI is InChI=1S/C15H19N3O/c1-11(2)17-14-8-15(19)18(16-9-14)10-13-6-4-5-12(3)7-13/h4-9,11,17H,10H2,1-3H3. The van der Waals surface area contributed by atoms with Crippen molar-refractivity contribution in [1.29, 1.82) is 0 Å². The predicted octanol–water partition coefficient (Wildman–Crippen LogP) is 2.42. The normalized spacial score (nSPS) is 10.7. The van der Waals surface area contributed by atoms with Crippen molar-refractivity contribution in [2.24, 2.45) is 0 Å². The van der Waals surface area contributed by atoms with Crippen molar-refractivity contribution in [3.8, 4) is 0 Å². The Labute approximate surface area is 113 Å². The predicted molar refractivity (Wildman–Crippen MR) is 77.5 cm³/mol. The molecular weight excluding hydrogens is 238 g/mol. The van der Waals surface area contributed by atoms with Crippen molar-refractivity contribution >= 4 is 5.69 Å². The highest BCUT2D eigenvalue weighted by Gasteiger charge is 2.02. The van der Waals surface area contributed by atoms with Gasteiger partial charge in [-0.15, -0.1) is 0 Å². The lowest BCUT2D eigenvalue weighted by molar-refractivity contribution is 0.638. The minimum absolute atomic E-state index is 0.0906. The van der Waals surface area contributed by atoms with Crippen LogP contribution in [0.3, 0.4) is 0 Å². The highest BCUT2D eigenvalue weighted by atomic mass is 16.1. The molecule has 0 bridgehead atoms. The zero-order valence-corrected chi connectivity index (χ0v) is 11.6. The topological polar surface area (TPSA) is 46.9 Å². The molecule has 100 valence electrons. The maximum Gasteiger partial charge on any atom is 0.269 e. The Morgan fingerprint density at radius 3 is 2.74 bits per heavy atom. The van der Waals surface area contributed by atoms with Crippen LogP contribution in [-0.4, -0.2) is 15.8 Å². The monoisotopic (exact) mass is 257 g/mol. The van der Waals surface area contributed by atoms with Crippen LogP contribution in [0.1, 0.15) is 25.0 Å². The fourth-order valence-corrected chi connectivity index (χ4v) is 1.95. The molecule has 0 atom stereocenters. The lowest BCUT2D eigenvalue weighted by Gasteiger charge is -2.10. The van der Waals surface area contributed by atoms with Crippen molar-refractivity contribution in [3.05, 3.63) is 58.0 Å². The molecule has 0 spiro atoms. The molecule has 1 N–H and O–H groups in total. The molecule has 1 heterocycles. The van der Waals surface area contributed by atoms with Crippen molar-refractivity contribution in [2.45, 2.75) is 33.4 Å². The lowest BCUT2D eigenvalue weighted by atomic mass is 10.1. The summed E-state index contributed by atoms with van der Waals surface area (Å²) in [7, 11) is 0. The maximum atomic E-state index is 12.0. The summed E-state index contributed by atoms with van der Waals surface area (Å²) in [6.07, 6.45) is 1.69. The van der Waals surface area contributed by atoms with Gasteiger partial charge in [0.15, 0.2) is 0 Å². The second kappa shape index (κ2) is 5.69. The van der Waals surface area contributed by atoms with E-state index in [1.807, 2.05) is 39.0 Å².